The summed E-state index contributed by atoms with van der Waals surface area (Å²) in [7, 11) is 0. The summed E-state index contributed by atoms with van der Waals surface area (Å²) in [5.41, 5.74) is 1.55. The van der Waals surface area contributed by atoms with Gasteiger partial charge in [-0.2, -0.15) is 0 Å². The maximum absolute atomic E-state index is 12.3. The summed E-state index contributed by atoms with van der Waals surface area (Å²) in [5.74, 6) is 0.141. The molecule has 1 atom stereocenters. The van der Waals surface area contributed by atoms with Crippen molar-refractivity contribution in [1.29, 1.82) is 0 Å². The third kappa shape index (κ3) is 3.97. The van der Waals surface area contributed by atoms with Crippen LogP contribution in [0.5, 0.6) is 0 Å². The highest BCUT2D eigenvalue weighted by molar-refractivity contribution is 5.76. The second-order valence-corrected chi connectivity index (χ2v) is 6.60. The average molecular weight is 297 g/mol. The smallest absolute Gasteiger partial charge is 0.220 e. The number of imidazole rings is 1. The lowest BCUT2D eigenvalue weighted by Gasteiger charge is -2.20. The zero-order valence-corrected chi connectivity index (χ0v) is 13.0. The topological polar surface area (TPSA) is 46.9 Å². The van der Waals surface area contributed by atoms with Gasteiger partial charge in [0.05, 0.1) is 12.4 Å². The van der Waals surface area contributed by atoms with E-state index >= 15 is 0 Å². The van der Waals surface area contributed by atoms with Gasteiger partial charge >= 0.3 is 0 Å². The predicted molar refractivity (Wildman–Crippen MR) is 86.1 cm³/mol. The van der Waals surface area contributed by atoms with Crippen molar-refractivity contribution >= 4 is 5.91 Å². The van der Waals surface area contributed by atoms with Gasteiger partial charge in [0.2, 0.25) is 5.91 Å². The van der Waals surface area contributed by atoms with Gasteiger partial charge in [0.15, 0.2) is 0 Å². The first-order valence-corrected chi connectivity index (χ1v) is 7.95. The van der Waals surface area contributed by atoms with Crippen molar-refractivity contribution < 1.29 is 4.79 Å². The Bertz CT molecular complexity index is 603. The highest BCUT2D eigenvalue weighted by atomic mass is 16.1. The molecule has 1 aliphatic carbocycles. The Morgan fingerprint density at radius 3 is 2.77 bits per heavy atom. The van der Waals surface area contributed by atoms with Gasteiger partial charge in [-0.1, -0.05) is 37.3 Å². The molecule has 1 fully saturated rings. The Labute approximate surface area is 131 Å². The van der Waals surface area contributed by atoms with Crippen molar-refractivity contribution in [3.63, 3.8) is 0 Å². The van der Waals surface area contributed by atoms with Crippen LogP contribution in [0.1, 0.15) is 44.2 Å². The molecule has 1 amide bonds. The van der Waals surface area contributed by atoms with Gasteiger partial charge in [0.1, 0.15) is 0 Å². The number of benzene rings is 1. The molecule has 1 unspecified atom stereocenters. The van der Waals surface area contributed by atoms with Gasteiger partial charge in [-0.3, -0.25) is 4.79 Å². The van der Waals surface area contributed by atoms with Crippen molar-refractivity contribution in [2.45, 2.75) is 45.2 Å². The third-order valence-electron chi connectivity index (χ3n) is 4.55. The van der Waals surface area contributed by atoms with E-state index in [0.717, 1.165) is 12.0 Å². The Hall–Kier alpha value is -2.10. The van der Waals surface area contributed by atoms with E-state index in [4.69, 9.17) is 0 Å². The molecule has 0 aliphatic heterocycles. The van der Waals surface area contributed by atoms with Crippen LogP contribution in [-0.2, 0) is 11.3 Å². The Morgan fingerprint density at radius 1 is 1.36 bits per heavy atom. The second-order valence-electron chi connectivity index (χ2n) is 6.60. The van der Waals surface area contributed by atoms with E-state index in [1.165, 1.54) is 12.8 Å². The van der Waals surface area contributed by atoms with Crippen molar-refractivity contribution in [1.82, 2.24) is 14.9 Å². The van der Waals surface area contributed by atoms with Crippen LogP contribution in [0.25, 0.3) is 0 Å². The molecule has 3 rings (SSSR count). The summed E-state index contributed by atoms with van der Waals surface area (Å²) in [6.07, 6.45) is 9.60. The zero-order chi connectivity index (χ0) is 15.4. The maximum atomic E-state index is 12.3. The van der Waals surface area contributed by atoms with E-state index in [1.807, 2.05) is 29.0 Å². The molecule has 2 aromatic rings. The molecule has 0 bridgehead atoms. The van der Waals surface area contributed by atoms with Crippen LogP contribution >= 0.6 is 0 Å². The number of aromatic nitrogens is 2. The average Bonchev–Trinajstić information content (AvgIpc) is 3.05. The van der Waals surface area contributed by atoms with Crippen LogP contribution in [0.2, 0.25) is 0 Å². The first-order valence-electron chi connectivity index (χ1n) is 7.95. The van der Waals surface area contributed by atoms with E-state index in [1.54, 1.807) is 12.5 Å². The highest BCUT2D eigenvalue weighted by Crippen LogP contribution is 2.48. The quantitative estimate of drug-likeness (QED) is 0.852. The molecule has 1 aromatic heterocycles. The minimum absolute atomic E-state index is 0.0186. The highest BCUT2D eigenvalue weighted by Gasteiger charge is 2.37. The molecular formula is C18H23N3O. The molecular weight excluding hydrogens is 274 g/mol. The second kappa shape index (κ2) is 6.34. The van der Waals surface area contributed by atoms with Crippen LogP contribution in [-0.4, -0.2) is 15.5 Å². The lowest BCUT2D eigenvalue weighted by atomic mass is 10.0. The van der Waals surface area contributed by atoms with E-state index in [2.05, 4.69) is 29.4 Å². The molecule has 0 radical (unpaired) electrons. The van der Waals surface area contributed by atoms with Gasteiger partial charge in [-0.05, 0) is 30.2 Å². The Morgan fingerprint density at radius 2 is 2.14 bits per heavy atom. The van der Waals surface area contributed by atoms with Crippen LogP contribution in [0.4, 0.5) is 0 Å². The van der Waals surface area contributed by atoms with Crippen molar-refractivity contribution in [2.75, 3.05) is 0 Å². The molecule has 1 N–H and O–H groups in total. The van der Waals surface area contributed by atoms with Gasteiger partial charge in [0, 0.05) is 25.4 Å². The Kier molecular flexibility index (Phi) is 4.27. The number of hydrogen-bond acceptors (Lipinski definition) is 2. The molecule has 0 saturated heterocycles. The van der Waals surface area contributed by atoms with Crippen LogP contribution in [0.3, 0.4) is 0 Å². The van der Waals surface area contributed by atoms with Crippen molar-refractivity contribution in [3.05, 3.63) is 54.6 Å². The maximum Gasteiger partial charge on any atom is 0.220 e. The number of carbonyl (C=O) groups is 1. The number of nitrogens with zero attached hydrogens (tertiary/aromatic N) is 2. The first-order chi connectivity index (χ1) is 10.6. The molecule has 1 aliphatic rings. The fourth-order valence-electron chi connectivity index (χ4n) is 2.67. The summed E-state index contributed by atoms with van der Waals surface area (Å²) in [6, 6.07) is 10.1. The molecule has 0 spiro atoms. The monoisotopic (exact) mass is 297 g/mol. The van der Waals surface area contributed by atoms with Gasteiger partial charge in [-0.25, -0.2) is 4.98 Å². The standard InChI is InChI=1S/C18H23N3O/c1-18(9-10-18)8-7-17(22)20-16(13-21-12-11-19-14-21)15-5-3-2-4-6-15/h2-6,11-12,14,16H,7-10,13H2,1H3,(H,20,22). The zero-order valence-electron chi connectivity index (χ0n) is 13.0. The number of hydrogen-bond donors (Lipinski definition) is 1. The number of carbonyl (C=O) groups excluding carboxylic acids is 1. The van der Waals surface area contributed by atoms with Crippen molar-refractivity contribution in [2.24, 2.45) is 5.41 Å². The van der Waals surface area contributed by atoms with Crippen LogP contribution in [0.15, 0.2) is 49.1 Å². The summed E-state index contributed by atoms with van der Waals surface area (Å²) in [4.78, 5) is 16.4. The lowest BCUT2D eigenvalue weighted by Crippen LogP contribution is -2.31. The fourth-order valence-corrected chi connectivity index (χ4v) is 2.67. The van der Waals surface area contributed by atoms with E-state index in [0.29, 0.717) is 18.4 Å². The molecule has 1 saturated carbocycles. The molecule has 22 heavy (non-hydrogen) atoms. The number of amides is 1. The number of nitrogens with one attached hydrogen (secondary N) is 1. The molecule has 1 aromatic carbocycles. The fraction of sp³-hybridized carbons (Fsp3) is 0.444. The number of rotatable bonds is 7. The summed E-state index contributed by atoms with van der Waals surface area (Å²) in [6.45, 7) is 2.97. The largest absolute Gasteiger partial charge is 0.347 e. The van der Waals surface area contributed by atoms with Crippen molar-refractivity contribution in [3.8, 4) is 0 Å². The Balaban J connectivity index is 1.64. The van der Waals surface area contributed by atoms with E-state index < -0.39 is 0 Å². The molecule has 4 nitrogen and oxygen atoms in total. The summed E-state index contributed by atoms with van der Waals surface area (Å²) in [5, 5.41) is 3.18. The summed E-state index contributed by atoms with van der Waals surface area (Å²) < 4.78 is 2.00. The van der Waals surface area contributed by atoms with Gasteiger partial charge < -0.3 is 9.88 Å². The molecule has 1 heterocycles. The normalized spacial score (nSPS) is 17.0. The van der Waals surface area contributed by atoms with Gasteiger partial charge in [-0.15, -0.1) is 0 Å². The van der Waals surface area contributed by atoms with E-state index in [-0.39, 0.29) is 11.9 Å². The summed E-state index contributed by atoms with van der Waals surface area (Å²) >= 11 is 0. The molecule has 4 heteroatoms. The SMILES string of the molecule is CC1(CCC(=O)NC(Cn2ccnc2)c2ccccc2)CC1. The van der Waals surface area contributed by atoms with Crippen LogP contribution in [0, 0.1) is 5.41 Å². The lowest BCUT2D eigenvalue weighted by molar-refractivity contribution is -0.122. The molecule has 116 valence electrons. The minimum atomic E-state index is -0.0186. The van der Waals surface area contributed by atoms with Gasteiger partial charge in [0.25, 0.3) is 0 Å². The predicted octanol–water partition coefficient (Wildman–Crippen LogP) is 3.32. The third-order valence-corrected chi connectivity index (χ3v) is 4.55. The van der Waals surface area contributed by atoms with Crippen LogP contribution < -0.4 is 5.32 Å². The van der Waals surface area contributed by atoms with E-state index in [9.17, 15) is 4.79 Å². The first kappa shape index (κ1) is 14.8. The minimum Gasteiger partial charge on any atom is -0.347 e.